The number of rotatable bonds is 6. The van der Waals surface area contributed by atoms with Crippen LogP contribution in [0.2, 0.25) is 10.0 Å². The zero-order valence-electron chi connectivity index (χ0n) is 10.8. The van der Waals surface area contributed by atoms with Crippen LogP contribution in [0.1, 0.15) is 26.3 Å². The average Bonchev–Trinajstić information content (AvgIpc) is 2.23. The van der Waals surface area contributed by atoms with Gasteiger partial charge < -0.3 is 5.32 Å². The summed E-state index contributed by atoms with van der Waals surface area (Å²) in [5, 5.41) is 4.74. The minimum atomic E-state index is 0.603. The molecule has 3 heteroatoms. The maximum absolute atomic E-state index is 6.00. The second-order valence-electron chi connectivity index (χ2n) is 5.11. The fourth-order valence-electron chi connectivity index (χ4n) is 1.76. The van der Waals surface area contributed by atoms with Gasteiger partial charge in [0.2, 0.25) is 0 Å². The van der Waals surface area contributed by atoms with Crippen molar-refractivity contribution in [1.82, 2.24) is 5.32 Å². The predicted octanol–water partition coefficient (Wildman–Crippen LogP) is 4.42. The maximum atomic E-state index is 6.00. The predicted molar refractivity (Wildman–Crippen MR) is 77.0 cm³/mol. The van der Waals surface area contributed by atoms with E-state index in [0.717, 1.165) is 19.5 Å². The Morgan fingerprint density at radius 3 is 2.35 bits per heavy atom. The molecule has 1 nitrogen and oxygen atoms in total. The van der Waals surface area contributed by atoms with Gasteiger partial charge in [0, 0.05) is 0 Å². The van der Waals surface area contributed by atoms with Gasteiger partial charge in [-0.3, -0.25) is 0 Å². The Kier molecular flexibility index (Phi) is 6.32. The summed E-state index contributed by atoms with van der Waals surface area (Å²) in [7, 11) is 0. The van der Waals surface area contributed by atoms with E-state index in [4.69, 9.17) is 23.2 Å². The van der Waals surface area contributed by atoms with Gasteiger partial charge in [0.25, 0.3) is 0 Å². The van der Waals surface area contributed by atoms with Gasteiger partial charge in [-0.2, -0.15) is 0 Å². The van der Waals surface area contributed by atoms with Crippen LogP contribution in [0.4, 0.5) is 0 Å². The van der Waals surface area contributed by atoms with Crippen LogP contribution in [0, 0.1) is 11.8 Å². The smallest absolute Gasteiger partial charge is 0.0595 e. The quantitative estimate of drug-likeness (QED) is 0.809. The first-order chi connectivity index (χ1) is 7.99. The number of benzene rings is 1. The first-order valence-electron chi connectivity index (χ1n) is 6.13. The normalized spacial score (nSPS) is 13.1. The van der Waals surface area contributed by atoms with E-state index in [1.165, 1.54) is 5.56 Å². The van der Waals surface area contributed by atoms with E-state index in [1.54, 1.807) is 0 Å². The van der Waals surface area contributed by atoms with E-state index < -0.39 is 0 Å². The lowest BCUT2D eigenvalue weighted by Crippen LogP contribution is -2.26. The van der Waals surface area contributed by atoms with Gasteiger partial charge in [-0.1, -0.05) is 50.0 Å². The monoisotopic (exact) mass is 273 g/mol. The molecule has 0 bridgehead atoms. The van der Waals surface area contributed by atoms with E-state index in [0.29, 0.717) is 21.9 Å². The van der Waals surface area contributed by atoms with Crippen molar-refractivity contribution in [3.8, 4) is 0 Å². The molecule has 17 heavy (non-hydrogen) atoms. The largest absolute Gasteiger partial charge is 0.316 e. The van der Waals surface area contributed by atoms with Crippen molar-refractivity contribution < 1.29 is 0 Å². The van der Waals surface area contributed by atoms with E-state index in [2.05, 4.69) is 26.1 Å². The fraction of sp³-hybridized carbons (Fsp3) is 0.571. The molecule has 0 saturated heterocycles. The van der Waals surface area contributed by atoms with E-state index in [9.17, 15) is 0 Å². The molecule has 0 radical (unpaired) electrons. The molecule has 0 fully saturated rings. The molecule has 0 aromatic heterocycles. The third kappa shape index (κ3) is 5.76. The zero-order valence-corrected chi connectivity index (χ0v) is 12.3. The first-order valence-corrected chi connectivity index (χ1v) is 6.89. The van der Waals surface area contributed by atoms with Gasteiger partial charge in [-0.25, -0.2) is 0 Å². The third-order valence-electron chi connectivity index (χ3n) is 2.61. The Labute approximate surface area is 115 Å². The molecule has 0 aliphatic heterocycles. The maximum Gasteiger partial charge on any atom is 0.0595 e. The van der Waals surface area contributed by atoms with Crippen LogP contribution in [-0.2, 0) is 6.42 Å². The second-order valence-corrected chi connectivity index (χ2v) is 5.92. The number of nitrogens with one attached hydrogen (secondary N) is 1. The van der Waals surface area contributed by atoms with Crippen molar-refractivity contribution in [2.75, 3.05) is 13.1 Å². The van der Waals surface area contributed by atoms with Crippen molar-refractivity contribution in [2.45, 2.75) is 27.2 Å². The molecule has 1 unspecified atom stereocenters. The van der Waals surface area contributed by atoms with Crippen LogP contribution in [0.15, 0.2) is 18.2 Å². The lowest BCUT2D eigenvalue weighted by Gasteiger charge is -2.14. The lowest BCUT2D eigenvalue weighted by atomic mass is 10.0. The Balaban J connectivity index is 2.39. The zero-order chi connectivity index (χ0) is 12.8. The molecule has 0 heterocycles. The van der Waals surface area contributed by atoms with Crippen molar-refractivity contribution in [2.24, 2.45) is 11.8 Å². The van der Waals surface area contributed by atoms with Crippen molar-refractivity contribution in [3.05, 3.63) is 33.8 Å². The van der Waals surface area contributed by atoms with Crippen LogP contribution in [-0.4, -0.2) is 13.1 Å². The highest BCUT2D eigenvalue weighted by molar-refractivity contribution is 6.42. The molecule has 96 valence electrons. The summed E-state index contributed by atoms with van der Waals surface area (Å²) in [5.74, 6) is 1.30. The molecular formula is C14H21Cl2N. The summed E-state index contributed by atoms with van der Waals surface area (Å²) < 4.78 is 0. The Bertz CT molecular complexity index is 350. The standard InChI is InChI=1S/C14H21Cl2N/c1-10(2)8-17-9-11(3)6-12-4-5-13(15)14(16)7-12/h4-5,7,10-11,17H,6,8-9H2,1-3H3. The molecule has 0 aliphatic rings. The Morgan fingerprint density at radius 1 is 1.06 bits per heavy atom. The number of hydrogen-bond acceptors (Lipinski definition) is 1. The SMILES string of the molecule is CC(C)CNCC(C)Cc1ccc(Cl)c(Cl)c1. The molecule has 1 aromatic rings. The third-order valence-corrected chi connectivity index (χ3v) is 3.35. The molecule has 0 amide bonds. The molecule has 0 saturated carbocycles. The van der Waals surface area contributed by atoms with Gasteiger partial charge in [-0.05, 0) is 49.0 Å². The fourth-order valence-corrected chi connectivity index (χ4v) is 2.08. The van der Waals surface area contributed by atoms with Crippen LogP contribution in [0.5, 0.6) is 0 Å². The number of hydrogen-bond donors (Lipinski definition) is 1. The summed E-state index contributed by atoms with van der Waals surface area (Å²) >= 11 is 11.9. The van der Waals surface area contributed by atoms with Gasteiger partial charge in [0.15, 0.2) is 0 Å². The number of halogens is 2. The second kappa shape index (κ2) is 7.25. The average molecular weight is 274 g/mol. The molecule has 1 aromatic carbocycles. The molecule has 0 spiro atoms. The molecule has 1 N–H and O–H groups in total. The van der Waals surface area contributed by atoms with E-state index in [1.807, 2.05) is 18.2 Å². The lowest BCUT2D eigenvalue weighted by molar-refractivity contribution is 0.473. The van der Waals surface area contributed by atoms with Crippen molar-refractivity contribution in [1.29, 1.82) is 0 Å². The summed E-state index contributed by atoms with van der Waals surface area (Å²) in [4.78, 5) is 0. The Morgan fingerprint density at radius 2 is 1.76 bits per heavy atom. The first kappa shape index (κ1) is 14.8. The molecular weight excluding hydrogens is 253 g/mol. The van der Waals surface area contributed by atoms with Gasteiger partial charge >= 0.3 is 0 Å². The van der Waals surface area contributed by atoms with E-state index >= 15 is 0 Å². The molecule has 0 aliphatic carbocycles. The van der Waals surface area contributed by atoms with Crippen molar-refractivity contribution in [3.63, 3.8) is 0 Å². The van der Waals surface area contributed by atoms with Crippen LogP contribution in [0.25, 0.3) is 0 Å². The van der Waals surface area contributed by atoms with Crippen LogP contribution in [0.3, 0.4) is 0 Å². The topological polar surface area (TPSA) is 12.0 Å². The van der Waals surface area contributed by atoms with Gasteiger partial charge in [0.05, 0.1) is 10.0 Å². The van der Waals surface area contributed by atoms with Crippen LogP contribution >= 0.6 is 23.2 Å². The highest BCUT2D eigenvalue weighted by Crippen LogP contribution is 2.23. The van der Waals surface area contributed by atoms with Gasteiger partial charge in [-0.15, -0.1) is 0 Å². The van der Waals surface area contributed by atoms with E-state index in [-0.39, 0.29) is 0 Å². The summed E-state index contributed by atoms with van der Waals surface area (Å²) in [6, 6.07) is 5.88. The van der Waals surface area contributed by atoms with Gasteiger partial charge in [0.1, 0.15) is 0 Å². The van der Waals surface area contributed by atoms with Crippen LogP contribution < -0.4 is 5.32 Å². The summed E-state index contributed by atoms with van der Waals surface area (Å²) in [6.07, 6.45) is 1.03. The molecule has 1 rings (SSSR count). The summed E-state index contributed by atoms with van der Waals surface area (Å²) in [5.41, 5.74) is 1.25. The highest BCUT2D eigenvalue weighted by Gasteiger charge is 2.06. The summed E-state index contributed by atoms with van der Waals surface area (Å²) in [6.45, 7) is 8.80. The minimum Gasteiger partial charge on any atom is -0.316 e. The molecule has 1 atom stereocenters. The highest BCUT2D eigenvalue weighted by atomic mass is 35.5. The van der Waals surface area contributed by atoms with Crippen molar-refractivity contribution >= 4 is 23.2 Å². The minimum absolute atomic E-state index is 0.603. The Hall–Kier alpha value is -0.240.